The minimum absolute atomic E-state index is 0.142. The summed E-state index contributed by atoms with van der Waals surface area (Å²) in [5.74, 6) is -0.840. The van der Waals surface area contributed by atoms with E-state index in [1.165, 1.54) is 6.07 Å². The van der Waals surface area contributed by atoms with Gasteiger partial charge in [0, 0.05) is 19.2 Å². The molecule has 1 saturated heterocycles. The van der Waals surface area contributed by atoms with E-state index in [9.17, 15) is 14.9 Å². The van der Waals surface area contributed by atoms with Crippen molar-refractivity contribution in [3.8, 4) is 5.75 Å². The van der Waals surface area contributed by atoms with Crippen LogP contribution in [0, 0.1) is 17.0 Å². The summed E-state index contributed by atoms with van der Waals surface area (Å²) < 4.78 is 5.69. The van der Waals surface area contributed by atoms with Gasteiger partial charge < -0.3 is 15.2 Å². The summed E-state index contributed by atoms with van der Waals surface area (Å²) >= 11 is 0. The number of carboxylic acids is 1. The summed E-state index contributed by atoms with van der Waals surface area (Å²) in [6.07, 6.45) is -0.189. The lowest BCUT2D eigenvalue weighted by atomic mass is 9.92. The second kappa shape index (κ2) is 4.85. The average molecular weight is 266 g/mol. The molecule has 0 saturated carbocycles. The number of carbonyl (C=O) groups is 1. The van der Waals surface area contributed by atoms with Crippen molar-refractivity contribution in [2.75, 3.05) is 13.1 Å². The minimum atomic E-state index is -0.988. The van der Waals surface area contributed by atoms with Crippen molar-refractivity contribution in [3.05, 3.63) is 33.9 Å². The molecule has 1 fully saturated rings. The average Bonchev–Trinajstić information content (AvgIpc) is 2.27. The number of nitro benzene ring substituents is 1. The minimum Gasteiger partial charge on any atom is -0.481 e. The van der Waals surface area contributed by atoms with E-state index in [1.807, 2.05) is 0 Å². The fraction of sp³-hybridized carbons (Fsp3) is 0.417. The lowest BCUT2D eigenvalue weighted by molar-refractivity contribution is -0.386. The Labute approximate surface area is 109 Å². The van der Waals surface area contributed by atoms with Gasteiger partial charge >= 0.3 is 11.7 Å². The van der Waals surface area contributed by atoms with Crippen LogP contribution in [0.1, 0.15) is 12.0 Å². The monoisotopic (exact) mass is 266 g/mol. The molecule has 7 heteroatoms. The zero-order valence-corrected chi connectivity index (χ0v) is 10.4. The van der Waals surface area contributed by atoms with Crippen molar-refractivity contribution in [3.63, 3.8) is 0 Å². The van der Waals surface area contributed by atoms with E-state index >= 15 is 0 Å². The number of aryl methyl sites for hydroxylation is 1. The van der Waals surface area contributed by atoms with E-state index < -0.39 is 16.5 Å². The van der Waals surface area contributed by atoms with E-state index in [4.69, 9.17) is 9.84 Å². The van der Waals surface area contributed by atoms with Gasteiger partial charge in [0.15, 0.2) is 0 Å². The van der Waals surface area contributed by atoms with Gasteiger partial charge in [0.1, 0.15) is 5.60 Å². The first-order chi connectivity index (χ1) is 8.93. The molecule has 1 heterocycles. The van der Waals surface area contributed by atoms with Crippen molar-refractivity contribution in [2.45, 2.75) is 18.9 Å². The summed E-state index contributed by atoms with van der Waals surface area (Å²) in [6.45, 7) is 2.43. The molecule has 1 aliphatic heterocycles. The third kappa shape index (κ3) is 2.65. The van der Waals surface area contributed by atoms with E-state index in [-0.39, 0.29) is 17.9 Å². The van der Waals surface area contributed by atoms with Crippen molar-refractivity contribution < 1.29 is 19.6 Å². The normalized spacial score (nSPS) is 16.5. The molecular weight excluding hydrogens is 252 g/mol. The van der Waals surface area contributed by atoms with Gasteiger partial charge in [0.05, 0.1) is 11.3 Å². The Bertz CT molecular complexity index is 525. The summed E-state index contributed by atoms with van der Waals surface area (Å²) in [5, 5.41) is 22.8. The van der Waals surface area contributed by atoms with Crippen molar-refractivity contribution >= 4 is 11.7 Å². The molecule has 2 rings (SSSR count). The Hall–Kier alpha value is -2.15. The smallest absolute Gasteiger partial charge is 0.311 e. The number of nitrogens with one attached hydrogen (secondary N) is 1. The number of rotatable bonds is 5. The number of nitro groups is 1. The van der Waals surface area contributed by atoms with Crippen molar-refractivity contribution in [2.24, 2.45) is 0 Å². The van der Waals surface area contributed by atoms with E-state index in [1.54, 1.807) is 19.1 Å². The number of aliphatic carboxylic acids is 1. The molecule has 1 aromatic rings. The molecule has 2 N–H and O–H groups in total. The van der Waals surface area contributed by atoms with Crippen LogP contribution in [-0.2, 0) is 4.79 Å². The molecule has 0 aliphatic carbocycles. The van der Waals surface area contributed by atoms with Gasteiger partial charge in [-0.15, -0.1) is 0 Å². The zero-order chi connectivity index (χ0) is 14.0. The highest BCUT2D eigenvalue weighted by Gasteiger charge is 2.43. The first-order valence-electron chi connectivity index (χ1n) is 5.79. The Morgan fingerprint density at radius 1 is 1.58 bits per heavy atom. The van der Waals surface area contributed by atoms with E-state index in [0.717, 1.165) is 0 Å². The lowest BCUT2D eigenvalue weighted by Crippen LogP contribution is -2.64. The van der Waals surface area contributed by atoms with Gasteiger partial charge in [-0.05, 0) is 12.5 Å². The summed E-state index contributed by atoms with van der Waals surface area (Å²) in [7, 11) is 0. The quantitative estimate of drug-likeness (QED) is 0.611. The van der Waals surface area contributed by atoms with Crippen LogP contribution < -0.4 is 10.1 Å². The van der Waals surface area contributed by atoms with Gasteiger partial charge in [-0.25, -0.2) is 0 Å². The van der Waals surface area contributed by atoms with Crippen LogP contribution in [0.2, 0.25) is 0 Å². The molecule has 102 valence electrons. The molecule has 0 atom stereocenters. The second-order valence-electron chi connectivity index (χ2n) is 4.64. The highest BCUT2D eigenvalue weighted by molar-refractivity contribution is 5.69. The highest BCUT2D eigenvalue weighted by Crippen LogP contribution is 2.35. The first kappa shape index (κ1) is 13.3. The lowest BCUT2D eigenvalue weighted by Gasteiger charge is -2.41. The Morgan fingerprint density at radius 3 is 2.74 bits per heavy atom. The third-order valence-corrected chi connectivity index (χ3v) is 3.07. The molecule has 19 heavy (non-hydrogen) atoms. The number of ether oxygens (including phenoxy) is 1. The second-order valence-corrected chi connectivity index (χ2v) is 4.64. The maximum absolute atomic E-state index is 11.0. The molecule has 0 unspecified atom stereocenters. The number of para-hydroxylation sites is 1. The van der Waals surface area contributed by atoms with Gasteiger partial charge in [0.2, 0.25) is 5.75 Å². The molecule has 0 spiro atoms. The molecule has 1 aromatic carbocycles. The fourth-order valence-corrected chi connectivity index (χ4v) is 2.04. The maximum Gasteiger partial charge on any atom is 0.311 e. The van der Waals surface area contributed by atoms with Crippen LogP contribution >= 0.6 is 0 Å². The Morgan fingerprint density at radius 2 is 2.26 bits per heavy atom. The van der Waals surface area contributed by atoms with Crippen LogP contribution in [0.25, 0.3) is 0 Å². The van der Waals surface area contributed by atoms with Crippen LogP contribution in [0.4, 0.5) is 5.69 Å². The van der Waals surface area contributed by atoms with Crippen molar-refractivity contribution in [1.82, 2.24) is 5.32 Å². The van der Waals surface area contributed by atoms with Crippen LogP contribution in [-0.4, -0.2) is 34.7 Å². The standard InChI is InChI=1S/C12H14N2O5/c1-8-3-2-4-9(14(17)18)11(8)19-12(5-10(15)16)6-13-7-12/h2-4,13H,5-7H2,1H3,(H,15,16). The number of benzene rings is 1. The Kier molecular flexibility index (Phi) is 3.39. The summed E-state index contributed by atoms with van der Waals surface area (Å²) in [6, 6.07) is 4.62. The zero-order valence-electron chi connectivity index (χ0n) is 10.4. The predicted octanol–water partition coefficient (Wildman–Crippen LogP) is 1.10. The number of hydrogen-bond donors (Lipinski definition) is 2. The van der Waals surface area contributed by atoms with Gasteiger partial charge in [0.25, 0.3) is 0 Å². The fourth-order valence-electron chi connectivity index (χ4n) is 2.04. The van der Waals surface area contributed by atoms with Crippen LogP contribution in [0.15, 0.2) is 18.2 Å². The molecule has 1 aliphatic rings. The van der Waals surface area contributed by atoms with Crippen LogP contribution in [0.3, 0.4) is 0 Å². The van der Waals surface area contributed by atoms with Gasteiger partial charge in [-0.3, -0.25) is 14.9 Å². The molecule has 7 nitrogen and oxygen atoms in total. The molecular formula is C12H14N2O5. The summed E-state index contributed by atoms with van der Waals surface area (Å²) in [5.41, 5.74) is -0.426. The van der Waals surface area contributed by atoms with Crippen LogP contribution in [0.5, 0.6) is 5.75 Å². The predicted molar refractivity (Wildman–Crippen MR) is 66.3 cm³/mol. The number of hydrogen-bond acceptors (Lipinski definition) is 5. The van der Waals surface area contributed by atoms with Gasteiger partial charge in [-0.2, -0.15) is 0 Å². The Balaban J connectivity index is 2.32. The molecule has 0 amide bonds. The van der Waals surface area contributed by atoms with E-state index in [2.05, 4.69) is 5.32 Å². The largest absolute Gasteiger partial charge is 0.481 e. The summed E-state index contributed by atoms with van der Waals surface area (Å²) in [4.78, 5) is 21.3. The molecule has 0 aromatic heterocycles. The number of carboxylic acid groups (broad SMARTS) is 1. The highest BCUT2D eigenvalue weighted by atomic mass is 16.6. The van der Waals surface area contributed by atoms with Gasteiger partial charge in [-0.1, -0.05) is 12.1 Å². The van der Waals surface area contributed by atoms with E-state index in [0.29, 0.717) is 18.7 Å². The molecule has 0 bridgehead atoms. The SMILES string of the molecule is Cc1cccc([N+](=O)[O-])c1OC1(CC(=O)O)CNC1. The third-order valence-electron chi connectivity index (χ3n) is 3.07. The first-order valence-corrected chi connectivity index (χ1v) is 5.79. The molecule has 0 radical (unpaired) electrons. The van der Waals surface area contributed by atoms with Crippen molar-refractivity contribution in [1.29, 1.82) is 0 Å². The topological polar surface area (TPSA) is 102 Å². The maximum atomic E-state index is 11.0. The number of nitrogens with zero attached hydrogens (tertiary/aromatic N) is 1.